The van der Waals surface area contributed by atoms with Crippen LogP contribution in [0.4, 0.5) is 5.69 Å². The molecule has 1 heterocycles. The molecule has 0 radical (unpaired) electrons. The predicted octanol–water partition coefficient (Wildman–Crippen LogP) is 3.86. The highest BCUT2D eigenvalue weighted by atomic mass is 32.2. The Morgan fingerprint density at radius 2 is 1.57 bits per heavy atom. The molecular weight excluding hydrogens is 308 g/mol. The summed E-state index contributed by atoms with van der Waals surface area (Å²) in [6.07, 6.45) is 1.68. The number of benzene rings is 2. The zero-order chi connectivity index (χ0) is 16.3. The lowest BCUT2D eigenvalue weighted by Crippen LogP contribution is -2.14. The van der Waals surface area contributed by atoms with Gasteiger partial charge >= 0.3 is 0 Å². The number of anilines is 1. The minimum Gasteiger partial charge on any atom is -0.279 e. The smallest absolute Gasteiger partial charge is 0.262 e. The molecule has 3 rings (SSSR count). The molecule has 4 nitrogen and oxygen atoms in total. The average molecular weight is 324 g/mol. The third kappa shape index (κ3) is 3.24. The van der Waals surface area contributed by atoms with E-state index in [0.29, 0.717) is 11.3 Å². The summed E-state index contributed by atoms with van der Waals surface area (Å²) < 4.78 is 28.0. The molecule has 116 valence electrons. The fourth-order valence-corrected chi connectivity index (χ4v) is 3.70. The van der Waals surface area contributed by atoms with Crippen molar-refractivity contribution in [3.63, 3.8) is 0 Å². The van der Waals surface area contributed by atoms with E-state index in [0.717, 1.165) is 11.3 Å². The van der Waals surface area contributed by atoms with Crippen LogP contribution in [0.2, 0.25) is 0 Å². The molecule has 0 fully saturated rings. The first-order chi connectivity index (χ1) is 11.1. The SMILES string of the molecule is Cc1ccccc1S(=O)(=O)Nc1ccccc1-c1ccccn1. The lowest BCUT2D eigenvalue weighted by molar-refractivity contribution is 0.600. The van der Waals surface area contributed by atoms with Gasteiger partial charge in [0.1, 0.15) is 0 Å². The number of hydrogen-bond donors (Lipinski definition) is 1. The van der Waals surface area contributed by atoms with E-state index in [4.69, 9.17) is 0 Å². The molecule has 23 heavy (non-hydrogen) atoms. The first-order valence-corrected chi connectivity index (χ1v) is 8.65. The summed E-state index contributed by atoms with van der Waals surface area (Å²) in [7, 11) is -3.65. The van der Waals surface area contributed by atoms with Crippen LogP contribution in [0, 0.1) is 6.92 Å². The van der Waals surface area contributed by atoms with Crippen molar-refractivity contribution < 1.29 is 8.42 Å². The number of nitrogens with one attached hydrogen (secondary N) is 1. The summed E-state index contributed by atoms with van der Waals surface area (Å²) in [6.45, 7) is 1.78. The maximum absolute atomic E-state index is 12.7. The first-order valence-electron chi connectivity index (χ1n) is 7.17. The van der Waals surface area contributed by atoms with Gasteiger partial charge in [0.2, 0.25) is 0 Å². The summed E-state index contributed by atoms with van der Waals surface area (Å²) in [5, 5.41) is 0. The minimum absolute atomic E-state index is 0.274. The Hall–Kier alpha value is -2.66. The number of sulfonamides is 1. The van der Waals surface area contributed by atoms with Crippen LogP contribution in [0.3, 0.4) is 0 Å². The minimum atomic E-state index is -3.65. The molecule has 0 unspecified atom stereocenters. The maximum atomic E-state index is 12.7. The van der Waals surface area contributed by atoms with Crippen LogP contribution >= 0.6 is 0 Å². The summed E-state index contributed by atoms with van der Waals surface area (Å²) >= 11 is 0. The number of rotatable bonds is 4. The standard InChI is InChI=1S/C18H16N2O2S/c1-14-8-2-5-12-18(14)23(21,22)20-17-11-4-3-9-15(17)16-10-6-7-13-19-16/h2-13,20H,1H3. The molecule has 0 bridgehead atoms. The van der Waals surface area contributed by atoms with Gasteiger partial charge in [0.25, 0.3) is 10.0 Å². The Morgan fingerprint density at radius 3 is 2.30 bits per heavy atom. The van der Waals surface area contributed by atoms with E-state index in [2.05, 4.69) is 9.71 Å². The molecule has 0 amide bonds. The van der Waals surface area contributed by atoms with Crippen molar-refractivity contribution in [3.8, 4) is 11.3 Å². The Bertz CT molecular complexity index is 923. The topological polar surface area (TPSA) is 59.1 Å². The average Bonchev–Trinajstić information content (AvgIpc) is 2.56. The fourth-order valence-electron chi connectivity index (χ4n) is 2.38. The van der Waals surface area contributed by atoms with Gasteiger partial charge in [0.05, 0.1) is 16.3 Å². The molecule has 0 saturated carbocycles. The van der Waals surface area contributed by atoms with Crippen molar-refractivity contribution in [2.45, 2.75) is 11.8 Å². The monoisotopic (exact) mass is 324 g/mol. The molecule has 5 heteroatoms. The molecule has 0 atom stereocenters. The third-order valence-electron chi connectivity index (χ3n) is 3.50. The predicted molar refractivity (Wildman–Crippen MR) is 91.7 cm³/mol. The molecule has 2 aromatic carbocycles. The largest absolute Gasteiger partial charge is 0.279 e. The van der Waals surface area contributed by atoms with E-state index in [1.807, 2.05) is 36.4 Å². The van der Waals surface area contributed by atoms with E-state index in [9.17, 15) is 8.42 Å². The van der Waals surface area contributed by atoms with E-state index >= 15 is 0 Å². The van der Waals surface area contributed by atoms with Crippen molar-refractivity contribution in [2.24, 2.45) is 0 Å². The molecule has 0 aliphatic carbocycles. The van der Waals surface area contributed by atoms with E-state index in [-0.39, 0.29) is 4.90 Å². The van der Waals surface area contributed by atoms with Crippen LogP contribution in [-0.4, -0.2) is 13.4 Å². The zero-order valence-electron chi connectivity index (χ0n) is 12.6. The summed E-state index contributed by atoms with van der Waals surface area (Å²) in [4.78, 5) is 4.57. The fraction of sp³-hybridized carbons (Fsp3) is 0.0556. The first kappa shape index (κ1) is 15.2. The van der Waals surface area contributed by atoms with Crippen LogP contribution in [0.1, 0.15) is 5.56 Å². The lowest BCUT2D eigenvalue weighted by Gasteiger charge is -2.13. The highest BCUT2D eigenvalue weighted by molar-refractivity contribution is 7.92. The van der Waals surface area contributed by atoms with Gasteiger partial charge in [-0.1, -0.05) is 42.5 Å². The van der Waals surface area contributed by atoms with E-state index < -0.39 is 10.0 Å². The number of aromatic nitrogens is 1. The van der Waals surface area contributed by atoms with Gasteiger partial charge in [0.15, 0.2) is 0 Å². The highest BCUT2D eigenvalue weighted by Gasteiger charge is 2.18. The molecule has 0 aliphatic rings. The lowest BCUT2D eigenvalue weighted by atomic mass is 10.1. The van der Waals surface area contributed by atoms with E-state index in [1.165, 1.54) is 0 Å². The van der Waals surface area contributed by atoms with Crippen LogP contribution in [0.25, 0.3) is 11.3 Å². The van der Waals surface area contributed by atoms with Gasteiger partial charge in [-0.2, -0.15) is 0 Å². The van der Waals surface area contributed by atoms with Gasteiger partial charge in [0, 0.05) is 11.8 Å². The normalized spacial score (nSPS) is 11.2. The van der Waals surface area contributed by atoms with Crippen molar-refractivity contribution >= 4 is 15.7 Å². The number of aryl methyl sites for hydroxylation is 1. The van der Waals surface area contributed by atoms with Gasteiger partial charge in [-0.15, -0.1) is 0 Å². The molecule has 0 saturated heterocycles. The van der Waals surface area contributed by atoms with Gasteiger partial charge in [-0.05, 0) is 36.8 Å². The van der Waals surface area contributed by atoms with Gasteiger partial charge in [-0.3, -0.25) is 9.71 Å². The molecule has 1 aromatic heterocycles. The second kappa shape index (κ2) is 6.22. The highest BCUT2D eigenvalue weighted by Crippen LogP contribution is 2.28. The number of hydrogen-bond acceptors (Lipinski definition) is 3. The van der Waals surface area contributed by atoms with Crippen LogP contribution in [0.15, 0.2) is 77.8 Å². The van der Waals surface area contributed by atoms with Gasteiger partial charge < -0.3 is 0 Å². The van der Waals surface area contributed by atoms with Gasteiger partial charge in [-0.25, -0.2) is 8.42 Å². The van der Waals surface area contributed by atoms with Crippen LogP contribution < -0.4 is 4.72 Å². The van der Waals surface area contributed by atoms with Crippen molar-refractivity contribution in [1.29, 1.82) is 0 Å². The zero-order valence-corrected chi connectivity index (χ0v) is 13.4. The number of nitrogens with zero attached hydrogens (tertiary/aromatic N) is 1. The molecular formula is C18H16N2O2S. The second-order valence-electron chi connectivity index (χ2n) is 5.13. The summed E-state index contributed by atoms with van der Waals surface area (Å²) in [6, 6.07) is 19.7. The quantitative estimate of drug-likeness (QED) is 0.793. The molecule has 1 N–H and O–H groups in total. The Labute approximate surface area is 135 Å². The van der Waals surface area contributed by atoms with Crippen LogP contribution in [0.5, 0.6) is 0 Å². The molecule has 0 aliphatic heterocycles. The molecule has 3 aromatic rings. The van der Waals surface area contributed by atoms with Crippen molar-refractivity contribution in [3.05, 3.63) is 78.5 Å². The Kier molecular flexibility index (Phi) is 4.12. The summed E-state index contributed by atoms with van der Waals surface area (Å²) in [5.41, 5.74) is 2.67. The number of para-hydroxylation sites is 1. The second-order valence-corrected chi connectivity index (χ2v) is 6.78. The van der Waals surface area contributed by atoms with Crippen LogP contribution in [-0.2, 0) is 10.0 Å². The Balaban J connectivity index is 2.03. The Morgan fingerprint density at radius 1 is 0.870 bits per heavy atom. The maximum Gasteiger partial charge on any atom is 0.262 e. The van der Waals surface area contributed by atoms with Crippen molar-refractivity contribution in [2.75, 3.05) is 4.72 Å². The van der Waals surface area contributed by atoms with E-state index in [1.54, 1.807) is 43.5 Å². The molecule has 0 spiro atoms. The third-order valence-corrected chi connectivity index (χ3v) is 5.02. The summed E-state index contributed by atoms with van der Waals surface area (Å²) in [5.74, 6) is 0. The van der Waals surface area contributed by atoms with Crippen molar-refractivity contribution in [1.82, 2.24) is 4.98 Å². The number of pyridine rings is 1.